The minimum Gasteiger partial charge on any atom is -0.383 e. The lowest BCUT2D eigenvalue weighted by Crippen LogP contribution is -2.38. The molecule has 2 aromatic rings. The van der Waals surface area contributed by atoms with Crippen molar-refractivity contribution in [2.45, 2.75) is 6.92 Å². The number of amides is 1. The first-order valence-electron chi connectivity index (χ1n) is 7.93. The van der Waals surface area contributed by atoms with Crippen molar-refractivity contribution in [3.8, 4) is 0 Å². The first-order valence-corrected chi connectivity index (χ1v) is 7.93. The average Bonchev–Trinajstić information content (AvgIpc) is 2.60. The number of fused-ring (bicyclic) bond motifs is 1. The van der Waals surface area contributed by atoms with Gasteiger partial charge in [-0.1, -0.05) is 0 Å². The van der Waals surface area contributed by atoms with Gasteiger partial charge in [0.15, 0.2) is 0 Å². The zero-order valence-electron chi connectivity index (χ0n) is 14.9. The molecule has 0 bridgehead atoms. The molecular weight excluding hydrogens is 326 g/mol. The summed E-state index contributed by atoms with van der Waals surface area (Å²) < 4.78 is 7.22. The standard InChI is InChI=1S/C16H23N5O4/c1-10-9-11(14(22)18-6-5-17-7-8-25-4)19-13-12(10)15(23)21(3)16(24)20(13)2/h9,17H,5-8H2,1-4H3,(H,18,22). The Labute approximate surface area is 144 Å². The van der Waals surface area contributed by atoms with E-state index in [2.05, 4.69) is 15.6 Å². The second-order valence-electron chi connectivity index (χ2n) is 5.73. The highest BCUT2D eigenvalue weighted by atomic mass is 16.5. The molecule has 25 heavy (non-hydrogen) atoms. The summed E-state index contributed by atoms with van der Waals surface area (Å²) in [5.74, 6) is -0.355. The summed E-state index contributed by atoms with van der Waals surface area (Å²) in [6.45, 7) is 4.05. The molecule has 9 nitrogen and oxygen atoms in total. The van der Waals surface area contributed by atoms with E-state index >= 15 is 0 Å². The molecule has 9 heteroatoms. The van der Waals surface area contributed by atoms with Crippen molar-refractivity contribution >= 4 is 16.9 Å². The van der Waals surface area contributed by atoms with Gasteiger partial charge in [-0.25, -0.2) is 9.78 Å². The number of aryl methyl sites for hydroxylation is 2. The van der Waals surface area contributed by atoms with Crippen molar-refractivity contribution < 1.29 is 9.53 Å². The van der Waals surface area contributed by atoms with Gasteiger partial charge in [0.25, 0.3) is 11.5 Å². The highest BCUT2D eigenvalue weighted by molar-refractivity contribution is 5.95. The number of aromatic nitrogens is 3. The molecule has 0 radical (unpaired) electrons. The largest absolute Gasteiger partial charge is 0.383 e. The van der Waals surface area contributed by atoms with Crippen LogP contribution in [0.5, 0.6) is 0 Å². The van der Waals surface area contributed by atoms with Crippen LogP contribution >= 0.6 is 0 Å². The smallest absolute Gasteiger partial charge is 0.332 e. The fourth-order valence-corrected chi connectivity index (χ4v) is 2.50. The average molecular weight is 349 g/mol. The van der Waals surface area contributed by atoms with E-state index in [1.807, 2.05) is 0 Å². The van der Waals surface area contributed by atoms with E-state index in [4.69, 9.17) is 4.74 Å². The Hall–Kier alpha value is -2.52. The SMILES string of the molecule is COCCNCCNC(=O)c1cc(C)c2c(=O)n(C)c(=O)n(C)c2n1. The predicted octanol–water partition coefficient (Wildman–Crippen LogP) is -1.09. The summed E-state index contributed by atoms with van der Waals surface area (Å²) in [5.41, 5.74) is 0.0767. The van der Waals surface area contributed by atoms with Gasteiger partial charge in [-0.05, 0) is 18.6 Å². The van der Waals surface area contributed by atoms with E-state index in [1.54, 1.807) is 20.1 Å². The number of methoxy groups -OCH3 is 1. The van der Waals surface area contributed by atoms with E-state index in [0.717, 1.165) is 4.57 Å². The molecule has 0 atom stereocenters. The zero-order valence-corrected chi connectivity index (χ0v) is 14.9. The number of rotatable bonds is 7. The van der Waals surface area contributed by atoms with Gasteiger partial charge < -0.3 is 15.4 Å². The molecule has 0 saturated carbocycles. The highest BCUT2D eigenvalue weighted by Crippen LogP contribution is 2.12. The lowest BCUT2D eigenvalue weighted by Gasteiger charge is -2.11. The summed E-state index contributed by atoms with van der Waals surface area (Å²) in [5, 5.41) is 6.20. The van der Waals surface area contributed by atoms with Crippen LogP contribution in [0, 0.1) is 6.92 Å². The Balaban J connectivity index is 2.24. The normalized spacial score (nSPS) is 11.0. The minimum absolute atomic E-state index is 0.171. The third-order valence-corrected chi connectivity index (χ3v) is 3.91. The second kappa shape index (κ2) is 8.04. The van der Waals surface area contributed by atoms with Crippen LogP contribution in [0.4, 0.5) is 0 Å². The van der Waals surface area contributed by atoms with Crippen LogP contribution < -0.4 is 21.9 Å². The van der Waals surface area contributed by atoms with Crippen LogP contribution in [-0.4, -0.2) is 53.4 Å². The van der Waals surface area contributed by atoms with Crippen molar-refractivity contribution in [1.82, 2.24) is 24.8 Å². The predicted molar refractivity (Wildman–Crippen MR) is 94.0 cm³/mol. The number of hydrogen-bond donors (Lipinski definition) is 2. The number of carbonyl (C=O) groups is 1. The Morgan fingerprint density at radius 3 is 2.60 bits per heavy atom. The van der Waals surface area contributed by atoms with Crippen molar-refractivity contribution in [2.75, 3.05) is 33.4 Å². The summed E-state index contributed by atoms with van der Waals surface area (Å²) in [6.07, 6.45) is 0. The van der Waals surface area contributed by atoms with Crippen LogP contribution in [0.15, 0.2) is 15.7 Å². The number of carbonyl (C=O) groups excluding carboxylic acids is 1. The maximum atomic E-state index is 12.3. The number of ether oxygens (including phenoxy) is 1. The zero-order chi connectivity index (χ0) is 18.6. The van der Waals surface area contributed by atoms with E-state index in [0.29, 0.717) is 37.2 Å². The van der Waals surface area contributed by atoms with Crippen LogP contribution in [0.2, 0.25) is 0 Å². The number of nitrogens with zero attached hydrogens (tertiary/aromatic N) is 3. The van der Waals surface area contributed by atoms with Gasteiger partial charge in [0.1, 0.15) is 11.3 Å². The lowest BCUT2D eigenvalue weighted by atomic mass is 10.1. The summed E-state index contributed by atoms with van der Waals surface area (Å²) >= 11 is 0. The second-order valence-corrected chi connectivity index (χ2v) is 5.73. The van der Waals surface area contributed by atoms with E-state index in [-0.39, 0.29) is 17.2 Å². The summed E-state index contributed by atoms with van der Waals surface area (Å²) in [7, 11) is 4.57. The molecule has 2 aromatic heterocycles. The molecule has 2 N–H and O–H groups in total. The van der Waals surface area contributed by atoms with E-state index in [1.165, 1.54) is 18.7 Å². The van der Waals surface area contributed by atoms with Gasteiger partial charge in [-0.3, -0.25) is 18.7 Å². The van der Waals surface area contributed by atoms with Gasteiger partial charge in [-0.2, -0.15) is 0 Å². The third-order valence-electron chi connectivity index (χ3n) is 3.91. The van der Waals surface area contributed by atoms with Crippen molar-refractivity contribution in [3.63, 3.8) is 0 Å². The van der Waals surface area contributed by atoms with Crippen molar-refractivity contribution in [2.24, 2.45) is 14.1 Å². The van der Waals surface area contributed by atoms with Crippen molar-refractivity contribution in [3.05, 3.63) is 38.2 Å². The Morgan fingerprint density at radius 1 is 1.20 bits per heavy atom. The minimum atomic E-state index is -0.482. The fourth-order valence-electron chi connectivity index (χ4n) is 2.50. The molecule has 0 saturated heterocycles. The monoisotopic (exact) mass is 349 g/mol. The molecule has 0 aliphatic carbocycles. The Morgan fingerprint density at radius 2 is 1.92 bits per heavy atom. The molecule has 0 spiro atoms. The van der Waals surface area contributed by atoms with Gasteiger partial charge in [0, 0.05) is 40.8 Å². The first kappa shape index (κ1) is 18.8. The van der Waals surface area contributed by atoms with Gasteiger partial charge in [0.05, 0.1) is 12.0 Å². The summed E-state index contributed by atoms with van der Waals surface area (Å²) in [4.78, 5) is 40.9. The molecule has 0 unspecified atom stereocenters. The fraction of sp³-hybridized carbons (Fsp3) is 0.500. The number of pyridine rings is 1. The van der Waals surface area contributed by atoms with Gasteiger partial charge >= 0.3 is 5.69 Å². The molecule has 0 aliphatic rings. The number of nitrogens with one attached hydrogen (secondary N) is 2. The molecule has 2 heterocycles. The lowest BCUT2D eigenvalue weighted by molar-refractivity contribution is 0.0949. The van der Waals surface area contributed by atoms with Crippen molar-refractivity contribution in [1.29, 1.82) is 0 Å². The van der Waals surface area contributed by atoms with Crippen LogP contribution in [-0.2, 0) is 18.8 Å². The molecular formula is C16H23N5O4. The molecule has 0 aliphatic heterocycles. The van der Waals surface area contributed by atoms with Gasteiger partial charge in [-0.15, -0.1) is 0 Å². The van der Waals surface area contributed by atoms with Crippen LogP contribution in [0.1, 0.15) is 16.1 Å². The highest BCUT2D eigenvalue weighted by Gasteiger charge is 2.16. The van der Waals surface area contributed by atoms with Gasteiger partial charge in [0.2, 0.25) is 0 Å². The van der Waals surface area contributed by atoms with E-state index in [9.17, 15) is 14.4 Å². The maximum absolute atomic E-state index is 12.3. The Kier molecular flexibility index (Phi) is 6.05. The Bertz CT molecular complexity index is 900. The van der Waals surface area contributed by atoms with Crippen LogP contribution in [0.3, 0.4) is 0 Å². The summed E-state index contributed by atoms with van der Waals surface area (Å²) in [6, 6.07) is 1.56. The topological polar surface area (TPSA) is 107 Å². The first-order chi connectivity index (χ1) is 11.9. The number of hydrogen-bond acceptors (Lipinski definition) is 6. The quantitative estimate of drug-likeness (QED) is 0.615. The molecule has 0 fully saturated rings. The van der Waals surface area contributed by atoms with Crippen LogP contribution in [0.25, 0.3) is 11.0 Å². The molecule has 0 aromatic carbocycles. The third kappa shape index (κ3) is 3.94. The molecule has 2 rings (SSSR count). The molecule has 1 amide bonds. The maximum Gasteiger partial charge on any atom is 0.332 e. The van der Waals surface area contributed by atoms with E-state index < -0.39 is 11.2 Å². The molecule has 136 valence electrons.